The molecule has 20 heavy (non-hydrogen) atoms. The molecule has 0 aliphatic rings. The van der Waals surface area contributed by atoms with Crippen LogP contribution in [0, 0.1) is 36.0 Å². The number of nitriles is 1. The molecule has 1 heterocycles. The second-order valence-corrected chi connectivity index (χ2v) is 5.51. The van der Waals surface area contributed by atoms with Crippen LogP contribution in [0.4, 0.5) is 0 Å². The lowest BCUT2D eigenvalue weighted by Crippen LogP contribution is -2.33. The number of thiophene rings is 1. The maximum atomic E-state index is 12.4. The normalized spacial score (nSPS) is 11.2. The third-order valence-electron chi connectivity index (χ3n) is 2.79. The Balaban J connectivity index is 2.93. The van der Waals surface area contributed by atoms with Crippen molar-refractivity contribution >= 4 is 17.2 Å². The quantitative estimate of drug-likeness (QED) is 0.863. The van der Waals surface area contributed by atoms with Crippen LogP contribution in [0.1, 0.15) is 34.0 Å². The van der Waals surface area contributed by atoms with Crippen LogP contribution in [0.3, 0.4) is 0 Å². The number of aryl methyl sites for hydroxylation is 1. The zero-order chi connectivity index (χ0) is 15.1. The summed E-state index contributed by atoms with van der Waals surface area (Å²) < 4.78 is 0. The summed E-state index contributed by atoms with van der Waals surface area (Å²) in [4.78, 5) is 15.5. The van der Waals surface area contributed by atoms with Gasteiger partial charge in [-0.3, -0.25) is 4.79 Å². The van der Waals surface area contributed by atoms with Gasteiger partial charge < -0.3 is 10.0 Å². The van der Waals surface area contributed by atoms with Crippen LogP contribution in [-0.4, -0.2) is 35.6 Å². The van der Waals surface area contributed by atoms with Gasteiger partial charge in [-0.05, 0) is 32.4 Å². The van der Waals surface area contributed by atoms with E-state index in [9.17, 15) is 4.79 Å². The first-order valence-electron chi connectivity index (χ1n) is 6.42. The molecule has 0 saturated carbocycles. The Bertz CT molecular complexity index is 575. The van der Waals surface area contributed by atoms with E-state index in [-0.39, 0.29) is 18.4 Å². The number of rotatable bonds is 4. The topological polar surface area (TPSA) is 64.3 Å². The van der Waals surface area contributed by atoms with Crippen LogP contribution >= 0.6 is 11.3 Å². The summed E-state index contributed by atoms with van der Waals surface area (Å²) in [5.74, 6) is 5.18. The maximum absolute atomic E-state index is 12.4. The molecule has 0 aromatic carbocycles. The number of aliphatic hydroxyl groups excluding tert-OH is 1. The van der Waals surface area contributed by atoms with E-state index in [2.05, 4.69) is 17.9 Å². The molecular formula is C15H18N2O2S. The third kappa shape index (κ3) is 4.09. The predicted octanol–water partition coefficient (Wildman–Crippen LogP) is 2.02. The molecule has 1 N–H and O–H groups in total. The summed E-state index contributed by atoms with van der Waals surface area (Å²) in [5, 5.41) is 17.6. The molecule has 106 valence electrons. The van der Waals surface area contributed by atoms with E-state index >= 15 is 0 Å². The molecule has 1 unspecified atom stereocenters. The maximum Gasteiger partial charge on any atom is 0.264 e. The van der Waals surface area contributed by atoms with Gasteiger partial charge >= 0.3 is 0 Å². The van der Waals surface area contributed by atoms with Crippen molar-refractivity contribution < 1.29 is 9.90 Å². The highest BCUT2D eigenvalue weighted by molar-refractivity contribution is 7.14. The van der Waals surface area contributed by atoms with Crippen molar-refractivity contribution in [1.29, 1.82) is 5.26 Å². The van der Waals surface area contributed by atoms with E-state index in [1.165, 1.54) is 11.3 Å². The fourth-order valence-electron chi connectivity index (χ4n) is 1.71. The molecule has 1 rings (SSSR count). The third-order valence-corrected chi connectivity index (χ3v) is 3.93. The Morgan fingerprint density at radius 2 is 2.30 bits per heavy atom. The van der Waals surface area contributed by atoms with Crippen molar-refractivity contribution in [1.82, 2.24) is 4.90 Å². The minimum absolute atomic E-state index is 0.0697. The first kappa shape index (κ1) is 16.2. The fourth-order valence-corrected chi connectivity index (χ4v) is 2.73. The number of amides is 1. The Hall–Kier alpha value is -1.82. The Morgan fingerprint density at radius 1 is 1.60 bits per heavy atom. The first-order chi connectivity index (χ1) is 9.53. The van der Waals surface area contributed by atoms with Crippen LogP contribution in [0.15, 0.2) is 6.07 Å². The van der Waals surface area contributed by atoms with E-state index in [4.69, 9.17) is 10.4 Å². The monoisotopic (exact) mass is 290 g/mol. The average Bonchev–Trinajstić information content (AvgIpc) is 2.82. The van der Waals surface area contributed by atoms with Gasteiger partial charge in [0.2, 0.25) is 0 Å². The summed E-state index contributed by atoms with van der Waals surface area (Å²) in [5.41, 5.74) is 0.934. The number of carbonyl (C=O) groups is 1. The van der Waals surface area contributed by atoms with Gasteiger partial charge in [-0.1, -0.05) is 11.8 Å². The summed E-state index contributed by atoms with van der Waals surface area (Å²) in [7, 11) is 0. The van der Waals surface area contributed by atoms with Crippen molar-refractivity contribution in [2.24, 2.45) is 5.92 Å². The SMILES string of the molecule is CCN(CC(C)C#N)C(=O)c1cc(C)c(C#CCO)s1. The van der Waals surface area contributed by atoms with Crippen LogP contribution in [0.25, 0.3) is 0 Å². The molecule has 1 aromatic rings. The van der Waals surface area contributed by atoms with Gasteiger partial charge in [-0.25, -0.2) is 0 Å². The van der Waals surface area contributed by atoms with Crippen LogP contribution in [0.5, 0.6) is 0 Å². The first-order valence-corrected chi connectivity index (χ1v) is 7.24. The van der Waals surface area contributed by atoms with Crippen molar-refractivity contribution in [3.8, 4) is 17.9 Å². The molecular weight excluding hydrogens is 272 g/mol. The molecule has 0 fully saturated rings. The minimum Gasteiger partial charge on any atom is -0.384 e. The molecule has 1 atom stereocenters. The molecule has 5 heteroatoms. The Morgan fingerprint density at radius 3 is 2.85 bits per heavy atom. The van der Waals surface area contributed by atoms with Crippen LogP contribution < -0.4 is 0 Å². The van der Waals surface area contributed by atoms with Gasteiger partial charge in [0.1, 0.15) is 6.61 Å². The van der Waals surface area contributed by atoms with Gasteiger partial charge in [0.15, 0.2) is 0 Å². The van der Waals surface area contributed by atoms with Crippen molar-refractivity contribution in [3.63, 3.8) is 0 Å². The molecule has 0 spiro atoms. The summed E-state index contributed by atoms with van der Waals surface area (Å²) >= 11 is 1.33. The number of hydrogen-bond acceptors (Lipinski definition) is 4. The van der Waals surface area contributed by atoms with Crippen molar-refractivity contribution in [2.45, 2.75) is 20.8 Å². The van der Waals surface area contributed by atoms with E-state index in [1.807, 2.05) is 19.9 Å². The lowest BCUT2D eigenvalue weighted by Gasteiger charge is -2.21. The summed E-state index contributed by atoms with van der Waals surface area (Å²) in [6, 6.07) is 3.95. The minimum atomic E-state index is -0.193. The van der Waals surface area contributed by atoms with E-state index in [1.54, 1.807) is 11.8 Å². The second kappa shape index (κ2) is 7.69. The molecule has 0 aliphatic carbocycles. The van der Waals surface area contributed by atoms with Gasteiger partial charge in [0, 0.05) is 13.1 Å². The molecule has 0 radical (unpaired) electrons. The highest BCUT2D eigenvalue weighted by Gasteiger charge is 2.19. The fraction of sp³-hybridized carbons (Fsp3) is 0.467. The lowest BCUT2D eigenvalue weighted by molar-refractivity contribution is 0.0757. The van der Waals surface area contributed by atoms with E-state index < -0.39 is 0 Å². The lowest BCUT2D eigenvalue weighted by atomic mass is 10.2. The zero-order valence-corrected chi connectivity index (χ0v) is 12.8. The van der Waals surface area contributed by atoms with Crippen LogP contribution in [0.2, 0.25) is 0 Å². The predicted molar refractivity (Wildman–Crippen MR) is 79.4 cm³/mol. The number of carbonyl (C=O) groups excluding carboxylic acids is 1. The van der Waals surface area contributed by atoms with E-state index in [0.717, 1.165) is 10.4 Å². The number of aliphatic hydroxyl groups is 1. The van der Waals surface area contributed by atoms with Crippen molar-refractivity contribution in [2.75, 3.05) is 19.7 Å². The van der Waals surface area contributed by atoms with Gasteiger partial charge in [-0.2, -0.15) is 5.26 Å². The molecule has 1 amide bonds. The number of hydrogen-bond donors (Lipinski definition) is 1. The summed E-state index contributed by atoms with van der Waals surface area (Å²) in [6.07, 6.45) is 0. The van der Waals surface area contributed by atoms with Gasteiger partial charge in [0.05, 0.1) is 21.7 Å². The Kier molecular flexibility index (Phi) is 6.24. The standard InChI is InChI=1S/C15H18N2O2S/c1-4-17(10-11(2)9-16)15(19)14-8-12(3)13(20-14)6-5-7-18/h8,11,18H,4,7,10H2,1-3H3. The average molecular weight is 290 g/mol. The molecule has 0 saturated heterocycles. The summed E-state index contributed by atoms with van der Waals surface area (Å²) in [6.45, 7) is 6.40. The van der Waals surface area contributed by atoms with E-state index in [0.29, 0.717) is 18.0 Å². The zero-order valence-electron chi connectivity index (χ0n) is 11.9. The molecule has 0 aliphatic heterocycles. The second-order valence-electron chi connectivity index (χ2n) is 4.46. The molecule has 0 bridgehead atoms. The highest BCUT2D eigenvalue weighted by Crippen LogP contribution is 2.22. The Labute approximate surface area is 123 Å². The van der Waals surface area contributed by atoms with Crippen molar-refractivity contribution in [3.05, 3.63) is 21.4 Å². The molecule has 1 aromatic heterocycles. The van der Waals surface area contributed by atoms with Gasteiger partial charge in [0.25, 0.3) is 5.91 Å². The smallest absolute Gasteiger partial charge is 0.264 e. The largest absolute Gasteiger partial charge is 0.384 e. The van der Waals surface area contributed by atoms with Gasteiger partial charge in [-0.15, -0.1) is 11.3 Å². The number of nitrogens with zero attached hydrogens (tertiary/aromatic N) is 2. The highest BCUT2D eigenvalue weighted by atomic mass is 32.1. The molecule has 4 nitrogen and oxygen atoms in total. The van der Waals surface area contributed by atoms with Crippen LogP contribution in [-0.2, 0) is 0 Å².